The van der Waals surface area contributed by atoms with Gasteiger partial charge < -0.3 is 10.2 Å². The minimum Gasteiger partial charge on any atom is -0.352 e. The zero-order valence-electron chi connectivity index (χ0n) is 36.5. The summed E-state index contributed by atoms with van der Waals surface area (Å²) in [5, 5.41) is 7.70. The molecule has 5 aromatic rings. The van der Waals surface area contributed by atoms with Gasteiger partial charge in [0.1, 0.15) is 11.9 Å². The summed E-state index contributed by atoms with van der Waals surface area (Å²) in [5.74, 6) is 6.72. The minimum absolute atomic E-state index is 0.0366. The maximum absolute atomic E-state index is 13.6. The zero-order valence-corrected chi connectivity index (χ0v) is 36.5. The Morgan fingerprint density at radius 3 is 2.28 bits per heavy atom. The number of carbonyl (C=O) groups is 4. The van der Waals surface area contributed by atoms with E-state index < -0.39 is 11.9 Å². The van der Waals surface area contributed by atoms with Crippen molar-refractivity contribution in [1.29, 1.82) is 0 Å². The van der Waals surface area contributed by atoms with Crippen molar-refractivity contribution in [2.45, 2.75) is 76.4 Å². The SMILES string of the molecule is Cn1c(=O)n(C2CCC(=O)NC2=O)c2ccc(C3CCN(CC(=O)N4CCC(C#Cc5ccc(CN6CCC(C(=O)NCc7cccc(F)c7)CC6)c6ccccc56)CC4)CC3)cc21. The summed E-state index contributed by atoms with van der Waals surface area (Å²) in [6.07, 6.45) is 5.62. The van der Waals surface area contributed by atoms with Gasteiger partial charge in [0, 0.05) is 57.0 Å². The number of nitrogens with zero attached hydrogens (tertiary/aromatic N) is 5. The molecular weight excluding hydrogens is 810 g/mol. The first-order chi connectivity index (χ1) is 31.1. The van der Waals surface area contributed by atoms with E-state index in [1.165, 1.54) is 27.6 Å². The van der Waals surface area contributed by atoms with E-state index in [0.29, 0.717) is 44.0 Å². The molecule has 9 rings (SSSR count). The molecule has 64 heavy (non-hydrogen) atoms. The molecule has 4 fully saturated rings. The van der Waals surface area contributed by atoms with Crippen LogP contribution in [0.15, 0.2) is 83.7 Å². The van der Waals surface area contributed by atoms with Crippen LogP contribution in [0.25, 0.3) is 21.8 Å². The summed E-state index contributed by atoms with van der Waals surface area (Å²) in [6.45, 7) is 6.27. The van der Waals surface area contributed by atoms with Crippen LogP contribution in [0.4, 0.5) is 4.39 Å². The average molecular weight is 866 g/mol. The number of imidazole rings is 1. The quantitative estimate of drug-likeness (QED) is 0.146. The van der Waals surface area contributed by atoms with Crippen molar-refractivity contribution in [3.8, 4) is 11.8 Å². The fourth-order valence-corrected chi connectivity index (χ4v) is 10.2. The van der Waals surface area contributed by atoms with Crippen LogP contribution < -0.4 is 16.3 Å². The Labute approximate surface area is 372 Å². The van der Waals surface area contributed by atoms with E-state index in [4.69, 9.17) is 0 Å². The van der Waals surface area contributed by atoms with Crippen molar-refractivity contribution in [2.24, 2.45) is 18.9 Å². The van der Waals surface area contributed by atoms with Crippen molar-refractivity contribution < 1.29 is 23.6 Å². The molecule has 1 aromatic heterocycles. The Morgan fingerprint density at radius 1 is 0.781 bits per heavy atom. The lowest BCUT2D eigenvalue weighted by atomic mass is 9.89. The summed E-state index contributed by atoms with van der Waals surface area (Å²) >= 11 is 0. The van der Waals surface area contributed by atoms with E-state index in [0.717, 1.165) is 98.8 Å². The van der Waals surface area contributed by atoms with E-state index in [9.17, 15) is 28.4 Å². The normalized spacial score (nSPS) is 19.7. The van der Waals surface area contributed by atoms with Gasteiger partial charge in [-0.05, 0) is 135 Å². The summed E-state index contributed by atoms with van der Waals surface area (Å²) in [6, 6.07) is 24.5. The monoisotopic (exact) mass is 865 g/mol. The number of aryl methyl sites for hydroxylation is 1. The van der Waals surface area contributed by atoms with Crippen molar-refractivity contribution in [3.63, 3.8) is 0 Å². The van der Waals surface area contributed by atoms with Crippen LogP contribution in [0, 0.1) is 29.5 Å². The number of likely N-dealkylation sites (tertiary alicyclic amines) is 3. The van der Waals surface area contributed by atoms with Crippen molar-refractivity contribution in [2.75, 3.05) is 45.8 Å². The van der Waals surface area contributed by atoms with Crippen molar-refractivity contribution >= 4 is 45.4 Å². The highest BCUT2D eigenvalue weighted by molar-refractivity contribution is 6.00. The van der Waals surface area contributed by atoms with Crippen molar-refractivity contribution in [1.82, 2.24) is 34.5 Å². The lowest BCUT2D eigenvalue weighted by Gasteiger charge is -2.35. The van der Waals surface area contributed by atoms with Crippen LogP contribution in [0.5, 0.6) is 0 Å². The lowest BCUT2D eigenvalue weighted by Crippen LogP contribution is -2.45. The standard InChI is InChI=1S/C51H56FN7O5/c1-55-46-30-39(13-14-44(46)59(51(55)64)45-15-16-47(60)54-50(45)63)36-19-23-57(24-20-36)33-48(61)58-27-17-34(18-28-58)9-10-37-11-12-40(43-8-3-2-7-42(37)43)32-56-25-21-38(22-26-56)49(62)53-31-35-5-4-6-41(52)29-35/h2-8,11-14,29-30,34,36,38,45H,15-28,31-33H2,1H3,(H,53,62)(H,54,60,63). The second-order valence-corrected chi connectivity index (χ2v) is 18.1. The third kappa shape index (κ3) is 9.40. The number of amides is 4. The van der Waals surface area contributed by atoms with Crippen LogP contribution in [0.3, 0.4) is 0 Å². The van der Waals surface area contributed by atoms with Gasteiger partial charge in [-0.15, -0.1) is 0 Å². The molecule has 4 saturated heterocycles. The lowest BCUT2D eigenvalue weighted by molar-refractivity contribution is -0.136. The molecule has 5 heterocycles. The van der Waals surface area contributed by atoms with E-state index in [1.54, 1.807) is 17.7 Å². The number of benzene rings is 4. The first-order valence-electron chi connectivity index (χ1n) is 22.9. The van der Waals surface area contributed by atoms with Gasteiger partial charge in [0.15, 0.2) is 0 Å². The van der Waals surface area contributed by atoms with E-state index in [2.05, 4.69) is 80.8 Å². The molecule has 0 spiro atoms. The fraction of sp³-hybridized carbons (Fsp3) is 0.431. The third-order valence-electron chi connectivity index (χ3n) is 14.0. The Hall–Kier alpha value is -6.10. The summed E-state index contributed by atoms with van der Waals surface area (Å²) in [5.41, 5.74) is 5.38. The molecule has 4 aromatic carbocycles. The number of fused-ring (bicyclic) bond motifs is 2. The molecule has 12 nitrogen and oxygen atoms in total. The first kappa shape index (κ1) is 43.2. The summed E-state index contributed by atoms with van der Waals surface area (Å²) in [4.78, 5) is 70.6. The molecule has 0 radical (unpaired) electrons. The predicted molar refractivity (Wildman–Crippen MR) is 243 cm³/mol. The highest BCUT2D eigenvalue weighted by Crippen LogP contribution is 2.32. The highest BCUT2D eigenvalue weighted by atomic mass is 19.1. The van der Waals surface area contributed by atoms with Gasteiger partial charge in [0.25, 0.3) is 0 Å². The molecule has 2 N–H and O–H groups in total. The fourth-order valence-electron chi connectivity index (χ4n) is 10.2. The molecule has 4 aliphatic heterocycles. The van der Waals surface area contributed by atoms with Crippen molar-refractivity contribution in [3.05, 3.63) is 117 Å². The molecule has 1 unspecified atom stereocenters. The topological polar surface area (TPSA) is 129 Å². The van der Waals surface area contributed by atoms with Crippen LogP contribution in [0.2, 0.25) is 0 Å². The van der Waals surface area contributed by atoms with Crippen LogP contribution >= 0.6 is 0 Å². The van der Waals surface area contributed by atoms with Gasteiger partial charge in [-0.25, -0.2) is 9.18 Å². The number of halogens is 1. The number of imide groups is 1. The van der Waals surface area contributed by atoms with E-state index >= 15 is 0 Å². The van der Waals surface area contributed by atoms with Gasteiger partial charge >= 0.3 is 5.69 Å². The van der Waals surface area contributed by atoms with E-state index in [1.807, 2.05) is 17.0 Å². The summed E-state index contributed by atoms with van der Waals surface area (Å²) in [7, 11) is 1.72. The maximum Gasteiger partial charge on any atom is 0.329 e. The van der Waals surface area contributed by atoms with Gasteiger partial charge in [0.05, 0.1) is 17.6 Å². The van der Waals surface area contributed by atoms with Gasteiger partial charge in [0.2, 0.25) is 23.6 Å². The third-order valence-corrected chi connectivity index (χ3v) is 14.0. The van der Waals surface area contributed by atoms with Crippen LogP contribution in [0.1, 0.15) is 85.6 Å². The molecule has 0 saturated carbocycles. The largest absolute Gasteiger partial charge is 0.352 e. The molecular formula is C51H56FN7O5. The predicted octanol–water partition coefficient (Wildman–Crippen LogP) is 5.61. The minimum atomic E-state index is -0.705. The van der Waals surface area contributed by atoms with Crippen LogP contribution in [-0.4, -0.2) is 93.3 Å². The molecule has 332 valence electrons. The molecule has 4 amide bonds. The van der Waals surface area contributed by atoms with Gasteiger partial charge in [-0.3, -0.25) is 43.4 Å². The van der Waals surface area contributed by atoms with Crippen LogP contribution in [-0.2, 0) is 39.3 Å². The smallest absolute Gasteiger partial charge is 0.329 e. The molecule has 0 bridgehead atoms. The number of hydrogen-bond donors (Lipinski definition) is 2. The van der Waals surface area contributed by atoms with E-state index in [-0.39, 0.29) is 47.5 Å². The first-order valence-corrected chi connectivity index (χ1v) is 22.9. The molecule has 0 aliphatic carbocycles. The second-order valence-electron chi connectivity index (χ2n) is 18.1. The molecule has 4 aliphatic rings. The zero-order chi connectivity index (χ0) is 44.3. The Bertz CT molecular complexity index is 2710. The number of aromatic nitrogens is 2. The number of rotatable bonds is 9. The van der Waals surface area contributed by atoms with Gasteiger partial charge in [-0.1, -0.05) is 60.4 Å². The number of piperidine rings is 4. The number of nitrogens with one attached hydrogen (secondary N) is 2. The Kier molecular flexibility index (Phi) is 12.8. The number of carbonyl (C=O) groups excluding carboxylic acids is 4. The highest BCUT2D eigenvalue weighted by Gasteiger charge is 2.32. The second kappa shape index (κ2) is 18.9. The van der Waals surface area contributed by atoms with Gasteiger partial charge in [-0.2, -0.15) is 0 Å². The Morgan fingerprint density at radius 2 is 1.53 bits per heavy atom. The maximum atomic E-state index is 13.6. The average Bonchev–Trinajstić information content (AvgIpc) is 3.56. The molecule has 1 atom stereocenters. The summed E-state index contributed by atoms with van der Waals surface area (Å²) < 4.78 is 16.7. The molecule has 13 heteroatoms. The Balaban J connectivity index is 0.736. The number of hydrogen-bond acceptors (Lipinski definition) is 7.